The molecule has 1 aliphatic rings. The van der Waals surface area contributed by atoms with E-state index in [1.165, 1.54) is 6.42 Å². The number of hydrogen-bond donors (Lipinski definition) is 2. The summed E-state index contributed by atoms with van der Waals surface area (Å²) in [4.78, 5) is 17.6. The number of nitrogens with one attached hydrogen (secondary N) is 1. The zero-order chi connectivity index (χ0) is 15.4. The lowest BCUT2D eigenvalue weighted by Crippen LogP contribution is -2.48. The molecule has 4 nitrogen and oxygen atoms in total. The first-order valence-electron chi connectivity index (χ1n) is 7.88. The standard InChI is InChI=1S/C18H22N2O2/c21-13-17(15-7-4-8-15)20(12-14-5-2-1-3-6-14)18(22)16-9-10-19-11-16/h1-3,5-6,9-11,15,17,19,21H,4,7-8,12-13H2. The molecule has 1 saturated carbocycles. The van der Waals surface area contributed by atoms with Crippen LogP contribution >= 0.6 is 0 Å². The molecule has 1 aliphatic carbocycles. The number of hydrogen-bond acceptors (Lipinski definition) is 2. The molecular weight excluding hydrogens is 276 g/mol. The maximum Gasteiger partial charge on any atom is 0.256 e. The van der Waals surface area contributed by atoms with Gasteiger partial charge in [-0.15, -0.1) is 0 Å². The van der Waals surface area contributed by atoms with Crippen LogP contribution in [0.5, 0.6) is 0 Å². The van der Waals surface area contributed by atoms with Crippen molar-refractivity contribution in [2.45, 2.75) is 31.8 Å². The first kappa shape index (κ1) is 14.9. The molecule has 1 aromatic heterocycles. The number of aliphatic hydroxyl groups excluding tert-OH is 1. The summed E-state index contributed by atoms with van der Waals surface area (Å²) < 4.78 is 0. The second kappa shape index (κ2) is 6.79. The Labute approximate surface area is 130 Å². The second-order valence-electron chi connectivity index (χ2n) is 5.96. The molecule has 2 aromatic rings. The minimum absolute atomic E-state index is 0.0175. The number of carbonyl (C=O) groups excluding carboxylic acids is 1. The third-order valence-electron chi connectivity index (χ3n) is 4.58. The van der Waals surface area contributed by atoms with Gasteiger partial charge in [-0.05, 0) is 30.4 Å². The van der Waals surface area contributed by atoms with Crippen LogP contribution in [0.1, 0.15) is 35.2 Å². The van der Waals surface area contributed by atoms with E-state index < -0.39 is 0 Å². The average molecular weight is 298 g/mol. The van der Waals surface area contributed by atoms with E-state index in [4.69, 9.17) is 0 Å². The van der Waals surface area contributed by atoms with Gasteiger partial charge in [0, 0.05) is 18.9 Å². The number of rotatable bonds is 6. The lowest BCUT2D eigenvalue weighted by molar-refractivity contribution is 0.0313. The van der Waals surface area contributed by atoms with Crippen LogP contribution in [-0.2, 0) is 6.54 Å². The van der Waals surface area contributed by atoms with Crippen LogP contribution in [0.2, 0.25) is 0 Å². The summed E-state index contributed by atoms with van der Waals surface area (Å²) in [5.41, 5.74) is 1.73. The summed E-state index contributed by atoms with van der Waals surface area (Å²) in [5.74, 6) is 0.396. The highest BCUT2D eigenvalue weighted by molar-refractivity contribution is 5.94. The van der Waals surface area contributed by atoms with Gasteiger partial charge in [-0.2, -0.15) is 0 Å². The van der Waals surface area contributed by atoms with Crippen molar-refractivity contribution in [3.63, 3.8) is 0 Å². The van der Waals surface area contributed by atoms with Crippen LogP contribution in [0.15, 0.2) is 48.8 Å². The maximum absolute atomic E-state index is 12.8. The highest BCUT2D eigenvalue weighted by Crippen LogP contribution is 2.33. The smallest absolute Gasteiger partial charge is 0.256 e. The van der Waals surface area contributed by atoms with E-state index in [2.05, 4.69) is 4.98 Å². The van der Waals surface area contributed by atoms with Crippen molar-refractivity contribution in [2.75, 3.05) is 6.61 Å². The Morgan fingerprint density at radius 3 is 2.59 bits per heavy atom. The molecule has 0 spiro atoms. The fourth-order valence-corrected chi connectivity index (χ4v) is 3.07. The minimum atomic E-state index is -0.101. The van der Waals surface area contributed by atoms with E-state index in [1.54, 1.807) is 18.5 Å². The molecule has 1 fully saturated rings. The van der Waals surface area contributed by atoms with Gasteiger partial charge in [0.2, 0.25) is 0 Å². The van der Waals surface area contributed by atoms with Gasteiger partial charge < -0.3 is 15.0 Å². The van der Waals surface area contributed by atoms with Gasteiger partial charge in [-0.3, -0.25) is 4.79 Å². The van der Waals surface area contributed by atoms with Crippen LogP contribution in [0.3, 0.4) is 0 Å². The number of H-pyrrole nitrogens is 1. The molecule has 1 atom stereocenters. The average Bonchev–Trinajstić information content (AvgIpc) is 3.03. The van der Waals surface area contributed by atoms with Crippen LogP contribution in [0.25, 0.3) is 0 Å². The molecule has 1 amide bonds. The molecule has 0 aliphatic heterocycles. The zero-order valence-electron chi connectivity index (χ0n) is 12.6. The highest BCUT2D eigenvalue weighted by Gasteiger charge is 2.34. The number of benzene rings is 1. The summed E-state index contributed by atoms with van der Waals surface area (Å²) >= 11 is 0. The van der Waals surface area contributed by atoms with E-state index >= 15 is 0 Å². The Hall–Kier alpha value is -2.07. The third kappa shape index (κ3) is 3.07. The number of aromatic amines is 1. The SMILES string of the molecule is O=C(c1cc[nH]c1)N(Cc1ccccc1)C(CO)C1CCC1. The highest BCUT2D eigenvalue weighted by atomic mass is 16.3. The molecule has 1 unspecified atom stereocenters. The summed E-state index contributed by atoms with van der Waals surface area (Å²) in [6, 6.07) is 11.7. The predicted molar refractivity (Wildman–Crippen MR) is 85.3 cm³/mol. The largest absolute Gasteiger partial charge is 0.394 e. The molecule has 116 valence electrons. The first-order chi connectivity index (χ1) is 10.8. The molecule has 3 rings (SSSR count). The zero-order valence-corrected chi connectivity index (χ0v) is 12.6. The lowest BCUT2D eigenvalue weighted by Gasteiger charge is -2.40. The first-order valence-corrected chi connectivity index (χ1v) is 7.88. The van der Waals surface area contributed by atoms with Gasteiger partial charge in [0.15, 0.2) is 0 Å². The fraction of sp³-hybridized carbons (Fsp3) is 0.389. The molecule has 22 heavy (non-hydrogen) atoms. The van der Waals surface area contributed by atoms with Crippen molar-refractivity contribution >= 4 is 5.91 Å². The van der Waals surface area contributed by atoms with Crippen molar-refractivity contribution in [2.24, 2.45) is 5.92 Å². The second-order valence-corrected chi connectivity index (χ2v) is 5.96. The monoisotopic (exact) mass is 298 g/mol. The minimum Gasteiger partial charge on any atom is -0.394 e. The summed E-state index contributed by atoms with van der Waals surface area (Å²) in [6.07, 6.45) is 6.85. The molecule has 0 bridgehead atoms. The van der Waals surface area contributed by atoms with Gasteiger partial charge in [-0.25, -0.2) is 0 Å². The van der Waals surface area contributed by atoms with Crippen molar-refractivity contribution in [3.05, 3.63) is 59.9 Å². The van der Waals surface area contributed by atoms with Gasteiger partial charge in [-0.1, -0.05) is 36.8 Å². The van der Waals surface area contributed by atoms with Crippen LogP contribution in [-0.4, -0.2) is 33.5 Å². The Morgan fingerprint density at radius 2 is 2.05 bits per heavy atom. The Kier molecular flexibility index (Phi) is 4.59. The topological polar surface area (TPSA) is 56.3 Å². The number of aromatic nitrogens is 1. The number of aliphatic hydroxyl groups is 1. The van der Waals surface area contributed by atoms with E-state index in [9.17, 15) is 9.90 Å². The van der Waals surface area contributed by atoms with Crippen LogP contribution < -0.4 is 0 Å². The molecular formula is C18H22N2O2. The van der Waals surface area contributed by atoms with E-state index in [0.29, 0.717) is 18.0 Å². The van der Waals surface area contributed by atoms with Crippen molar-refractivity contribution in [1.29, 1.82) is 0 Å². The summed E-state index contributed by atoms with van der Waals surface area (Å²) in [5, 5.41) is 9.85. The number of nitrogens with zero attached hydrogens (tertiary/aromatic N) is 1. The summed E-state index contributed by atoms with van der Waals surface area (Å²) in [7, 11) is 0. The molecule has 0 saturated heterocycles. The predicted octanol–water partition coefficient (Wildman–Crippen LogP) is 2.82. The Bertz CT molecular complexity index is 591. The van der Waals surface area contributed by atoms with Crippen molar-refractivity contribution in [1.82, 2.24) is 9.88 Å². The number of amides is 1. The van der Waals surface area contributed by atoms with Gasteiger partial charge >= 0.3 is 0 Å². The number of carbonyl (C=O) groups is 1. The van der Waals surface area contributed by atoms with E-state index in [0.717, 1.165) is 18.4 Å². The van der Waals surface area contributed by atoms with E-state index in [1.807, 2.05) is 35.2 Å². The molecule has 2 N–H and O–H groups in total. The van der Waals surface area contributed by atoms with Gasteiger partial charge in [0.25, 0.3) is 5.91 Å². The van der Waals surface area contributed by atoms with Crippen molar-refractivity contribution in [3.8, 4) is 0 Å². The van der Waals surface area contributed by atoms with Crippen LogP contribution in [0.4, 0.5) is 0 Å². The molecule has 1 aromatic carbocycles. The van der Waals surface area contributed by atoms with Crippen LogP contribution in [0, 0.1) is 5.92 Å². The quantitative estimate of drug-likeness (QED) is 0.861. The molecule has 4 heteroatoms. The van der Waals surface area contributed by atoms with Gasteiger partial charge in [0.1, 0.15) is 0 Å². The fourth-order valence-electron chi connectivity index (χ4n) is 3.07. The Morgan fingerprint density at radius 1 is 1.27 bits per heavy atom. The van der Waals surface area contributed by atoms with Gasteiger partial charge in [0.05, 0.1) is 18.2 Å². The maximum atomic E-state index is 12.8. The van der Waals surface area contributed by atoms with Crippen molar-refractivity contribution < 1.29 is 9.90 Å². The van der Waals surface area contributed by atoms with E-state index in [-0.39, 0.29) is 18.6 Å². The Balaban J connectivity index is 1.85. The molecule has 0 radical (unpaired) electrons. The summed E-state index contributed by atoms with van der Waals surface area (Å²) in [6.45, 7) is 0.556. The lowest BCUT2D eigenvalue weighted by atomic mass is 9.79. The third-order valence-corrected chi connectivity index (χ3v) is 4.58. The molecule has 1 heterocycles. The normalized spacial score (nSPS) is 16.0.